The number of aliphatic hydroxyl groups excluding tert-OH is 19. The summed E-state index contributed by atoms with van der Waals surface area (Å²) >= 11 is 0. The molecule has 6 aliphatic heterocycles. The average molecular weight is 1070 g/mol. The first-order valence-electron chi connectivity index (χ1n) is 21.8. The second-order valence-corrected chi connectivity index (χ2v) is 18.3. The van der Waals surface area contributed by atoms with Crippen LogP contribution in [0, 0.1) is 0 Å². The molecule has 6 heterocycles. The lowest BCUT2D eigenvalue weighted by Crippen LogP contribution is -2.68. The van der Waals surface area contributed by atoms with Crippen molar-refractivity contribution in [2.24, 2.45) is 0 Å². The molecule has 6 aliphatic rings. The molecule has 0 saturated carbocycles. The molecule has 30 atom stereocenters. The first-order valence-corrected chi connectivity index (χ1v) is 23.2. The molecule has 0 spiro atoms. The lowest BCUT2D eigenvalue weighted by atomic mass is 9.95. The van der Waals surface area contributed by atoms with Crippen molar-refractivity contribution in [2.75, 3.05) is 39.6 Å². The molecule has 34 nitrogen and oxygen atoms in total. The highest BCUT2D eigenvalue weighted by molar-refractivity contribution is 7.80. The van der Waals surface area contributed by atoms with E-state index in [1.807, 2.05) is 0 Å². The van der Waals surface area contributed by atoms with Gasteiger partial charge >= 0.3 is 10.4 Å². The van der Waals surface area contributed by atoms with E-state index < -0.39 is 234 Å². The van der Waals surface area contributed by atoms with Crippen molar-refractivity contribution in [3.05, 3.63) is 0 Å². The predicted octanol–water partition coefficient (Wildman–Crippen LogP) is -14.3. The third-order valence-electron chi connectivity index (χ3n) is 12.6. The van der Waals surface area contributed by atoms with E-state index in [-0.39, 0.29) is 0 Å². The Morgan fingerprint density at radius 2 is 0.563 bits per heavy atom. The topological polar surface area (TPSA) is 550 Å². The van der Waals surface area contributed by atoms with E-state index >= 15 is 0 Å². The second-order valence-electron chi connectivity index (χ2n) is 17.3. The summed E-state index contributed by atoms with van der Waals surface area (Å²) in [5, 5.41) is 199. The Morgan fingerprint density at radius 3 is 0.901 bits per heavy atom. The summed E-state index contributed by atoms with van der Waals surface area (Å²) in [5.74, 6) is 0. The van der Waals surface area contributed by atoms with Crippen LogP contribution in [-0.2, 0) is 66.7 Å². The van der Waals surface area contributed by atoms with Gasteiger partial charge in [0.1, 0.15) is 140 Å². The molecule has 71 heavy (non-hydrogen) atoms. The van der Waals surface area contributed by atoms with Crippen LogP contribution in [0.3, 0.4) is 0 Å². The highest BCUT2D eigenvalue weighted by atomic mass is 32.3. The lowest BCUT2D eigenvalue weighted by molar-refractivity contribution is -0.394. The highest BCUT2D eigenvalue weighted by Gasteiger charge is 2.58. The first-order chi connectivity index (χ1) is 33.4. The fraction of sp³-hybridized carbons (Fsp3) is 1.00. The van der Waals surface area contributed by atoms with E-state index in [9.17, 15) is 110 Å². The molecule has 20 N–H and O–H groups in total. The van der Waals surface area contributed by atoms with Gasteiger partial charge in [-0.05, 0) is 0 Å². The van der Waals surface area contributed by atoms with Gasteiger partial charge in [0.15, 0.2) is 43.8 Å². The molecule has 0 aromatic heterocycles. The van der Waals surface area contributed by atoms with E-state index in [4.69, 9.17) is 52.1 Å². The first kappa shape index (κ1) is 58.9. The van der Waals surface area contributed by atoms with Crippen LogP contribution in [0.4, 0.5) is 0 Å². The number of ether oxygens (including phenoxy) is 11. The molecule has 0 aliphatic carbocycles. The van der Waals surface area contributed by atoms with Gasteiger partial charge in [0.05, 0.1) is 39.6 Å². The summed E-state index contributed by atoms with van der Waals surface area (Å²) < 4.78 is 98.7. The molecule has 0 bridgehead atoms. The van der Waals surface area contributed by atoms with Crippen molar-refractivity contribution in [1.29, 1.82) is 0 Å². The molecule has 0 amide bonds. The van der Waals surface area contributed by atoms with Crippen LogP contribution in [0.15, 0.2) is 0 Å². The number of aliphatic hydroxyl groups is 19. The molecular formula is C36H62O34S. The quantitative estimate of drug-likeness (QED) is 0.0567. The van der Waals surface area contributed by atoms with Gasteiger partial charge in [-0.2, -0.15) is 8.42 Å². The maximum absolute atomic E-state index is 12.1. The average Bonchev–Trinajstić information content (AvgIpc) is 3.34. The summed E-state index contributed by atoms with van der Waals surface area (Å²) in [6, 6.07) is 0. The predicted molar refractivity (Wildman–Crippen MR) is 210 cm³/mol. The largest absolute Gasteiger partial charge is 0.397 e. The third-order valence-corrected chi connectivity index (χ3v) is 13.1. The maximum atomic E-state index is 12.1. The van der Waals surface area contributed by atoms with Gasteiger partial charge in [-0.1, -0.05) is 0 Å². The Kier molecular flexibility index (Phi) is 20.6. The third kappa shape index (κ3) is 12.6. The highest BCUT2D eigenvalue weighted by Crippen LogP contribution is 2.37. The van der Waals surface area contributed by atoms with Gasteiger partial charge in [0, 0.05) is 0 Å². The fourth-order valence-corrected chi connectivity index (χ4v) is 9.24. The minimum atomic E-state index is -5.62. The zero-order valence-corrected chi connectivity index (χ0v) is 37.4. The van der Waals surface area contributed by atoms with Gasteiger partial charge in [0.2, 0.25) is 0 Å². The molecule has 35 heteroatoms. The number of rotatable bonds is 18. The van der Waals surface area contributed by atoms with E-state index in [1.54, 1.807) is 0 Å². The standard InChI is InChI=1S/C36H62O34S/c37-1-7-13(43)14(44)20(50)32(60-7)66-26-9(3-39)61-34(21(51)16(26)46)67-27-10(4-40)62-35(22(52)17(27)47)68-29-12(6-42)64-36(30(24(29)54)70-71(56,57)58)69-28-11(5-41)63-33(23(53)18(28)48)65-25-8(2-38)59-31(55)19(49)15(25)45/h7-55H,1-6H2,(H,56,57,58)/t7-,8-,9-,10-,11-,12-,13-,14+,15-,16-,17-,18-,19-,20-,21-,22-,23-,24+,25-,26-,27-,28-,29-,30-,31+,32-,33-,34-,35-,36-/m1/s1. The van der Waals surface area contributed by atoms with Crippen LogP contribution in [0.1, 0.15) is 0 Å². The normalized spacial score (nSPS) is 51.3. The van der Waals surface area contributed by atoms with Crippen LogP contribution in [0.25, 0.3) is 0 Å². The van der Waals surface area contributed by atoms with Gasteiger partial charge in [-0.15, -0.1) is 0 Å². The van der Waals surface area contributed by atoms with Gasteiger partial charge in [-0.3, -0.25) is 4.55 Å². The van der Waals surface area contributed by atoms with Crippen LogP contribution in [-0.4, -0.2) is 334 Å². The molecule has 0 aromatic carbocycles. The SMILES string of the molecule is O=S(=O)(O)O[C@H]1[C@@H](O[C@H]2[C@H](O)[C@@H](O)[C@@H](O[C@H]3[C@H](O)[C@@H](O)[C@@H](O)O[C@@H]3CO)O[C@@H]2CO)O[C@H](CO)[C@@H](O[C@H]2O[C@H](CO)[C@@H](O[C@H]3O[C@H](CO)[C@@H](O[C@H]4O[C@H](CO)[C@@H](O)[C@H](O)[C@H]4O)[C@H](O)[C@H]3O)[C@H](O)[C@H]2O)[C@@H]1O. The molecule has 6 saturated heterocycles. The summed E-state index contributed by atoms with van der Waals surface area (Å²) in [6.07, 6.45) is -60.2. The van der Waals surface area contributed by atoms with Crippen LogP contribution < -0.4 is 0 Å². The van der Waals surface area contributed by atoms with Gasteiger partial charge in [-0.25, -0.2) is 4.18 Å². The van der Waals surface area contributed by atoms with Crippen molar-refractivity contribution in [3.63, 3.8) is 0 Å². The van der Waals surface area contributed by atoms with Crippen molar-refractivity contribution < 1.29 is 166 Å². The molecule has 6 fully saturated rings. The lowest BCUT2D eigenvalue weighted by Gasteiger charge is -2.50. The Bertz CT molecular complexity index is 1750. The van der Waals surface area contributed by atoms with Gasteiger partial charge in [0.25, 0.3) is 0 Å². The van der Waals surface area contributed by atoms with Crippen molar-refractivity contribution in [3.8, 4) is 0 Å². The number of hydrogen-bond donors (Lipinski definition) is 20. The molecule has 0 unspecified atom stereocenters. The Labute approximate surface area is 400 Å². The molecular weight excluding hydrogens is 1010 g/mol. The summed E-state index contributed by atoms with van der Waals surface area (Å²) in [5.41, 5.74) is 0. The maximum Gasteiger partial charge on any atom is 0.397 e. The second kappa shape index (κ2) is 24.8. The van der Waals surface area contributed by atoms with Gasteiger partial charge < -0.3 is 149 Å². The summed E-state index contributed by atoms with van der Waals surface area (Å²) in [6.45, 7) is -6.18. The fourth-order valence-electron chi connectivity index (χ4n) is 8.75. The Hall–Kier alpha value is -1.33. The van der Waals surface area contributed by atoms with Crippen LogP contribution in [0.2, 0.25) is 0 Å². The zero-order chi connectivity index (χ0) is 52.5. The zero-order valence-electron chi connectivity index (χ0n) is 36.6. The Morgan fingerprint density at radius 1 is 0.296 bits per heavy atom. The van der Waals surface area contributed by atoms with Crippen LogP contribution in [0.5, 0.6) is 0 Å². The van der Waals surface area contributed by atoms with E-state index in [2.05, 4.69) is 4.18 Å². The summed E-state index contributed by atoms with van der Waals surface area (Å²) in [4.78, 5) is 0. The van der Waals surface area contributed by atoms with E-state index in [1.165, 1.54) is 0 Å². The molecule has 0 radical (unpaired) electrons. The minimum absolute atomic E-state index is 0.856. The van der Waals surface area contributed by atoms with Crippen LogP contribution >= 0.6 is 0 Å². The summed E-state index contributed by atoms with van der Waals surface area (Å²) in [7, 11) is -5.62. The van der Waals surface area contributed by atoms with E-state index in [0.717, 1.165) is 0 Å². The molecule has 6 rings (SSSR count). The van der Waals surface area contributed by atoms with Crippen molar-refractivity contribution >= 4 is 10.4 Å². The van der Waals surface area contributed by atoms with E-state index in [0.29, 0.717) is 0 Å². The molecule has 0 aromatic rings. The number of hydrogen-bond acceptors (Lipinski definition) is 33. The monoisotopic (exact) mass is 1070 g/mol. The minimum Gasteiger partial charge on any atom is -0.394 e. The Balaban J connectivity index is 1.13. The smallest absolute Gasteiger partial charge is 0.394 e. The van der Waals surface area contributed by atoms with Crippen molar-refractivity contribution in [2.45, 2.75) is 184 Å². The molecule has 416 valence electrons. The van der Waals surface area contributed by atoms with Crippen molar-refractivity contribution in [1.82, 2.24) is 0 Å².